The Bertz CT molecular complexity index is 439. The quantitative estimate of drug-likeness (QED) is 0.166. The van der Waals surface area contributed by atoms with E-state index in [0.29, 0.717) is 12.8 Å². The largest absolute Gasteiger partial charge is 0.275 e. The molecule has 0 aliphatic carbocycles. The van der Waals surface area contributed by atoms with Crippen LogP contribution in [0.2, 0.25) is 0 Å². The van der Waals surface area contributed by atoms with Gasteiger partial charge in [-0.25, -0.2) is 0 Å². The van der Waals surface area contributed by atoms with Crippen molar-refractivity contribution in [1.29, 1.82) is 0 Å². The molecule has 0 aromatic carbocycles. The lowest BCUT2D eigenvalue weighted by molar-refractivity contribution is -0.140. The van der Waals surface area contributed by atoms with Gasteiger partial charge in [-0.1, -0.05) is 96.1 Å². The molecule has 0 aromatic heterocycles. The SMILES string of the molecule is CCCCCCCCCCC=C(C)C(CCCCCC)N1C(=O)CCC1=O. The summed E-state index contributed by atoms with van der Waals surface area (Å²) in [6.07, 6.45) is 20.5. The van der Waals surface area contributed by atoms with Crippen LogP contribution in [0.15, 0.2) is 11.6 Å². The van der Waals surface area contributed by atoms with E-state index in [-0.39, 0.29) is 17.9 Å². The summed E-state index contributed by atoms with van der Waals surface area (Å²) in [6.45, 7) is 6.59. The third-order valence-corrected chi connectivity index (χ3v) is 5.78. The van der Waals surface area contributed by atoms with Crippen LogP contribution in [0.4, 0.5) is 0 Å². The molecule has 1 atom stereocenters. The molecule has 0 bridgehead atoms. The Labute approximate surface area is 168 Å². The lowest BCUT2D eigenvalue weighted by Gasteiger charge is -2.27. The van der Waals surface area contributed by atoms with E-state index in [2.05, 4.69) is 26.8 Å². The van der Waals surface area contributed by atoms with E-state index in [9.17, 15) is 9.59 Å². The Balaban J connectivity index is 2.42. The summed E-state index contributed by atoms with van der Waals surface area (Å²) in [6, 6.07) is -0.00148. The normalized spacial score (nSPS) is 16.4. The first-order valence-electron chi connectivity index (χ1n) is 11.6. The average molecular weight is 378 g/mol. The van der Waals surface area contributed by atoms with Crippen LogP contribution >= 0.6 is 0 Å². The van der Waals surface area contributed by atoms with Crippen LogP contribution in [0.3, 0.4) is 0 Å². The summed E-state index contributed by atoms with van der Waals surface area (Å²) >= 11 is 0. The monoisotopic (exact) mass is 377 g/mol. The van der Waals surface area contributed by atoms with E-state index in [1.807, 2.05) is 0 Å². The van der Waals surface area contributed by atoms with E-state index >= 15 is 0 Å². The van der Waals surface area contributed by atoms with Crippen molar-refractivity contribution in [3.8, 4) is 0 Å². The van der Waals surface area contributed by atoms with Gasteiger partial charge in [-0.05, 0) is 26.2 Å². The molecule has 0 N–H and O–H groups in total. The second kappa shape index (κ2) is 14.9. The number of unbranched alkanes of at least 4 members (excludes halogenated alkanes) is 11. The molecular weight excluding hydrogens is 334 g/mol. The van der Waals surface area contributed by atoms with Gasteiger partial charge in [0.1, 0.15) is 0 Å². The number of hydrogen-bond donors (Lipinski definition) is 0. The van der Waals surface area contributed by atoms with Crippen LogP contribution in [0.5, 0.6) is 0 Å². The highest BCUT2D eigenvalue weighted by atomic mass is 16.2. The Kier molecular flexibility index (Phi) is 13.2. The zero-order valence-electron chi connectivity index (χ0n) is 18.2. The number of carbonyl (C=O) groups is 2. The molecule has 0 radical (unpaired) electrons. The summed E-state index contributed by atoms with van der Waals surface area (Å²) in [5.74, 6) is 0.0561. The van der Waals surface area contributed by atoms with Crippen molar-refractivity contribution in [3.05, 3.63) is 11.6 Å². The number of likely N-dealkylation sites (tertiary alicyclic amines) is 1. The number of nitrogens with zero attached hydrogens (tertiary/aromatic N) is 1. The molecule has 3 heteroatoms. The van der Waals surface area contributed by atoms with Crippen LogP contribution in [0, 0.1) is 0 Å². The molecule has 1 aliphatic heterocycles. The van der Waals surface area contributed by atoms with Gasteiger partial charge in [0, 0.05) is 12.8 Å². The Morgan fingerprint density at radius 2 is 1.30 bits per heavy atom. The minimum Gasteiger partial charge on any atom is -0.275 e. The molecule has 3 nitrogen and oxygen atoms in total. The van der Waals surface area contributed by atoms with Crippen LogP contribution in [-0.2, 0) is 9.59 Å². The summed E-state index contributed by atoms with van der Waals surface area (Å²) in [5, 5.41) is 0. The molecule has 1 saturated heterocycles. The highest BCUT2D eigenvalue weighted by molar-refractivity contribution is 6.02. The number of hydrogen-bond acceptors (Lipinski definition) is 2. The minimum absolute atomic E-state index is 0.00148. The second-order valence-corrected chi connectivity index (χ2v) is 8.23. The zero-order valence-corrected chi connectivity index (χ0v) is 18.2. The summed E-state index contributed by atoms with van der Waals surface area (Å²) in [5.41, 5.74) is 1.22. The molecule has 1 heterocycles. The maximum absolute atomic E-state index is 12.2. The molecule has 27 heavy (non-hydrogen) atoms. The summed E-state index contributed by atoms with van der Waals surface area (Å²) < 4.78 is 0. The molecule has 1 rings (SSSR count). The van der Waals surface area contributed by atoms with Gasteiger partial charge >= 0.3 is 0 Å². The fourth-order valence-corrected chi connectivity index (χ4v) is 4.01. The van der Waals surface area contributed by atoms with E-state index in [4.69, 9.17) is 0 Å². The average Bonchev–Trinajstić information content (AvgIpc) is 2.99. The predicted octanol–water partition coefficient (Wildman–Crippen LogP) is 6.95. The van der Waals surface area contributed by atoms with Crippen molar-refractivity contribution in [2.24, 2.45) is 0 Å². The van der Waals surface area contributed by atoms with Gasteiger partial charge in [0.25, 0.3) is 0 Å². The molecular formula is C24H43NO2. The number of allylic oxidation sites excluding steroid dienone is 1. The van der Waals surface area contributed by atoms with E-state index < -0.39 is 0 Å². The van der Waals surface area contributed by atoms with Gasteiger partial charge in [0.05, 0.1) is 6.04 Å². The summed E-state index contributed by atoms with van der Waals surface area (Å²) in [7, 11) is 0. The van der Waals surface area contributed by atoms with Crippen molar-refractivity contribution in [3.63, 3.8) is 0 Å². The van der Waals surface area contributed by atoms with Crippen molar-refractivity contribution in [2.45, 2.75) is 130 Å². The van der Waals surface area contributed by atoms with Crippen LogP contribution < -0.4 is 0 Å². The lowest BCUT2D eigenvalue weighted by atomic mass is 9.98. The van der Waals surface area contributed by atoms with Crippen LogP contribution in [0.25, 0.3) is 0 Å². The Hall–Kier alpha value is -1.12. The van der Waals surface area contributed by atoms with Gasteiger partial charge in [-0.3, -0.25) is 14.5 Å². The van der Waals surface area contributed by atoms with Gasteiger partial charge in [0.15, 0.2) is 0 Å². The zero-order chi connectivity index (χ0) is 19.9. The Morgan fingerprint density at radius 3 is 1.85 bits per heavy atom. The molecule has 0 aromatic rings. The highest BCUT2D eigenvalue weighted by Crippen LogP contribution is 2.25. The van der Waals surface area contributed by atoms with Gasteiger partial charge in [-0.15, -0.1) is 0 Å². The topological polar surface area (TPSA) is 37.4 Å². The standard InChI is InChI=1S/C24H43NO2/c1-4-6-8-10-11-12-13-14-15-17-21(3)22(18-16-9-7-5-2)25-23(26)19-20-24(25)27/h17,22H,4-16,18-20H2,1-3H3. The fourth-order valence-electron chi connectivity index (χ4n) is 4.01. The third kappa shape index (κ3) is 9.58. The number of amides is 2. The third-order valence-electron chi connectivity index (χ3n) is 5.78. The lowest BCUT2D eigenvalue weighted by Crippen LogP contribution is -2.40. The molecule has 1 aliphatic rings. The van der Waals surface area contributed by atoms with Crippen molar-refractivity contribution < 1.29 is 9.59 Å². The van der Waals surface area contributed by atoms with Gasteiger partial charge in [-0.2, -0.15) is 0 Å². The molecule has 1 unspecified atom stereocenters. The summed E-state index contributed by atoms with van der Waals surface area (Å²) in [4.78, 5) is 26.0. The van der Waals surface area contributed by atoms with Gasteiger partial charge < -0.3 is 0 Å². The smallest absolute Gasteiger partial charge is 0.230 e. The highest BCUT2D eigenvalue weighted by Gasteiger charge is 2.35. The predicted molar refractivity (Wildman–Crippen MR) is 115 cm³/mol. The van der Waals surface area contributed by atoms with E-state index in [1.54, 1.807) is 4.90 Å². The van der Waals surface area contributed by atoms with Crippen molar-refractivity contribution in [1.82, 2.24) is 4.90 Å². The maximum atomic E-state index is 12.2. The molecule has 156 valence electrons. The Morgan fingerprint density at radius 1 is 0.815 bits per heavy atom. The second-order valence-electron chi connectivity index (χ2n) is 8.23. The first-order valence-corrected chi connectivity index (χ1v) is 11.6. The van der Waals surface area contributed by atoms with Crippen LogP contribution in [0.1, 0.15) is 124 Å². The molecule has 0 saturated carbocycles. The van der Waals surface area contributed by atoms with Crippen molar-refractivity contribution in [2.75, 3.05) is 0 Å². The minimum atomic E-state index is -0.00148. The first kappa shape index (κ1) is 23.9. The number of imide groups is 1. The van der Waals surface area contributed by atoms with Gasteiger partial charge in [0.2, 0.25) is 11.8 Å². The molecule has 1 fully saturated rings. The van der Waals surface area contributed by atoms with Crippen LogP contribution in [-0.4, -0.2) is 22.8 Å². The first-order chi connectivity index (χ1) is 13.1. The molecule has 2 amide bonds. The molecule has 0 spiro atoms. The fraction of sp³-hybridized carbons (Fsp3) is 0.833. The maximum Gasteiger partial charge on any atom is 0.230 e. The van der Waals surface area contributed by atoms with Crippen molar-refractivity contribution >= 4 is 11.8 Å². The number of carbonyl (C=O) groups excluding carboxylic acids is 2. The van der Waals surface area contributed by atoms with E-state index in [1.165, 1.54) is 76.2 Å². The number of rotatable bonds is 16. The van der Waals surface area contributed by atoms with E-state index in [0.717, 1.165) is 19.3 Å².